The lowest BCUT2D eigenvalue weighted by Gasteiger charge is -2.29. The van der Waals surface area contributed by atoms with Crippen molar-refractivity contribution >= 4 is 33.3 Å². The van der Waals surface area contributed by atoms with Crippen molar-refractivity contribution in [1.82, 2.24) is 15.0 Å². The van der Waals surface area contributed by atoms with Crippen LogP contribution in [0.5, 0.6) is 0 Å². The highest BCUT2D eigenvalue weighted by atomic mass is 32.1. The van der Waals surface area contributed by atoms with E-state index in [-0.39, 0.29) is 18.2 Å². The van der Waals surface area contributed by atoms with E-state index in [4.69, 9.17) is 9.97 Å². The van der Waals surface area contributed by atoms with Crippen LogP contribution in [-0.2, 0) is 13.0 Å². The molecule has 34 heavy (non-hydrogen) atoms. The highest BCUT2D eigenvalue weighted by Crippen LogP contribution is 2.35. The molecule has 7 nitrogen and oxygen atoms in total. The zero-order valence-corrected chi connectivity index (χ0v) is 19.6. The van der Waals surface area contributed by atoms with Gasteiger partial charge < -0.3 is 15.3 Å². The van der Waals surface area contributed by atoms with E-state index < -0.39 is 0 Å². The number of thiazole rings is 1. The maximum atomic E-state index is 13.5. The van der Waals surface area contributed by atoms with Crippen LogP contribution in [0.1, 0.15) is 30.4 Å². The predicted octanol–water partition coefficient (Wildman–Crippen LogP) is 4.18. The van der Waals surface area contributed by atoms with Gasteiger partial charge in [-0.15, -0.1) is 11.3 Å². The average Bonchev–Trinajstić information content (AvgIpc) is 3.50. The third kappa shape index (κ3) is 3.97. The minimum absolute atomic E-state index is 0.175. The van der Waals surface area contributed by atoms with E-state index in [0.717, 1.165) is 49.0 Å². The lowest BCUT2D eigenvalue weighted by Crippen LogP contribution is -2.34. The molecule has 2 aliphatic rings. The van der Waals surface area contributed by atoms with Crippen LogP contribution < -0.4 is 15.8 Å². The first-order valence-electron chi connectivity index (χ1n) is 11.9. The van der Waals surface area contributed by atoms with Crippen molar-refractivity contribution in [3.05, 3.63) is 70.0 Å². The van der Waals surface area contributed by atoms with Crippen molar-refractivity contribution in [3.63, 3.8) is 0 Å². The van der Waals surface area contributed by atoms with E-state index in [9.17, 15) is 9.90 Å². The molecule has 3 heterocycles. The van der Waals surface area contributed by atoms with Gasteiger partial charge in [0.2, 0.25) is 5.95 Å². The summed E-state index contributed by atoms with van der Waals surface area (Å²) in [6.45, 7) is 1.72. The van der Waals surface area contributed by atoms with Crippen LogP contribution in [0, 0.1) is 5.92 Å². The van der Waals surface area contributed by atoms with Gasteiger partial charge in [-0.2, -0.15) is 4.98 Å². The van der Waals surface area contributed by atoms with Crippen molar-refractivity contribution in [2.45, 2.75) is 38.3 Å². The summed E-state index contributed by atoms with van der Waals surface area (Å²) < 4.78 is 1.04. The van der Waals surface area contributed by atoms with Crippen molar-refractivity contribution in [2.24, 2.45) is 5.92 Å². The number of rotatable bonds is 5. The molecule has 0 spiro atoms. The van der Waals surface area contributed by atoms with E-state index in [1.54, 1.807) is 0 Å². The van der Waals surface area contributed by atoms with Gasteiger partial charge in [0.15, 0.2) is 0 Å². The second-order valence-corrected chi connectivity index (χ2v) is 10.3. The van der Waals surface area contributed by atoms with Crippen LogP contribution in [-0.4, -0.2) is 39.3 Å². The Morgan fingerprint density at radius 1 is 1.09 bits per heavy atom. The third-order valence-corrected chi connectivity index (χ3v) is 8.04. The number of para-hydroxylation sites is 1. The third-order valence-electron chi connectivity index (χ3n) is 6.99. The number of aromatic amines is 1. The summed E-state index contributed by atoms with van der Waals surface area (Å²) in [5.41, 5.74) is 3.82. The van der Waals surface area contributed by atoms with Gasteiger partial charge in [-0.3, -0.25) is 9.78 Å². The Morgan fingerprint density at radius 2 is 1.91 bits per heavy atom. The lowest BCUT2D eigenvalue weighted by molar-refractivity contribution is 0.229. The number of benzene rings is 2. The monoisotopic (exact) mass is 473 g/mol. The summed E-state index contributed by atoms with van der Waals surface area (Å²) in [5, 5.41) is 13.8. The first-order chi connectivity index (χ1) is 16.7. The fourth-order valence-electron chi connectivity index (χ4n) is 5.13. The molecule has 2 aromatic carbocycles. The zero-order chi connectivity index (χ0) is 23.1. The molecule has 0 bridgehead atoms. The molecular weight excluding hydrogens is 446 g/mol. The van der Waals surface area contributed by atoms with Crippen LogP contribution in [0.15, 0.2) is 53.3 Å². The van der Waals surface area contributed by atoms with E-state index in [1.165, 1.54) is 22.5 Å². The number of aliphatic hydroxyl groups excluding tert-OH is 1. The number of fused-ring (bicyclic) bond motifs is 2. The van der Waals surface area contributed by atoms with Gasteiger partial charge >= 0.3 is 0 Å². The highest BCUT2D eigenvalue weighted by molar-refractivity contribution is 7.21. The first-order valence-corrected chi connectivity index (χ1v) is 12.7. The molecule has 1 fully saturated rings. The Hall–Kier alpha value is -3.23. The summed E-state index contributed by atoms with van der Waals surface area (Å²) in [6.07, 6.45) is 3.72. The molecule has 0 radical (unpaired) electrons. The van der Waals surface area contributed by atoms with Crippen LogP contribution >= 0.6 is 11.3 Å². The molecule has 2 aromatic heterocycles. The summed E-state index contributed by atoms with van der Waals surface area (Å²) in [4.78, 5) is 28.4. The Labute approximate surface area is 201 Å². The van der Waals surface area contributed by atoms with E-state index >= 15 is 0 Å². The molecule has 2 unspecified atom stereocenters. The van der Waals surface area contributed by atoms with Crippen molar-refractivity contribution < 1.29 is 5.11 Å². The Morgan fingerprint density at radius 3 is 2.74 bits per heavy atom. The van der Waals surface area contributed by atoms with Gasteiger partial charge in [-0.1, -0.05) is 36.4 Å². The van der Waals surface area contributed by atoms with E-state index in [2.05, 4.69) is 39.5 Å². The van der Waals surface area contributed by atoms with Crippen LogP contribution in [0.4, 0.5) is 11.8 Å². The maximum absolute atomic E-state index is 13.5. The van der Waals surface area contributed by atoms with Crippen LogP contribution in [0.2, 0.25) is 0 Å². The molecule has 8 heteroatoms. The smallest absolute Gasteiger partial charge is 0.264 e. The largest absolute Gasteiger partial charge is 0.396 e. The second-order valence-electron chi connectivity index (χ2n) is 9.24. The number of nitrogens with one attached hydrogen (secondary N) is 2. The minimum atomic E-state index is -0.179. The van der Waals surface area contributed by atoms with Crippen molar-refractivity contribution in [3.8, 4) is 10.6 Å². The summed E-state index contributed by atoms with van der Waals surface area (Å²) >= 11 is 1.51. The van der Waals surface area contributed by atoms with Gasteiger partial charge in [-0.05, 0) is 54.9 Å². The molecule has 1 saturated carbocycles. The SMILES string of the molecule is O=c1[nH]c(N2CCc3ccccc3C2)nc(NC2CCC(CO)C2)c1-c1nc2ccccc2s1. The normalized spacial score (nSPS) is 20.0. The highest BCUT2D eigenvalue weighted by Gasteiger charge is 2.28. The number of H-pyrrole nitrogens is 1. The van der Waals surface area contributed by atoms with Gasteiger partial charge in [0.25, 0.3) is 5.56 Å². The fourth-order valence-corrected chi connectivity index (χ4v) is 6.14. The minimum Gasteiger partial charge on any atom is -0.396 e. The Kier molecular flexibility index (Phi) is 5.55. The Balaban J connectivity index is 1.40. The molecule has 0 amide bonds. The molecule has 6 rings (SSSR count). The summed E-state index contributed by atoms with van der Waals surface area (Å²) in [7, 11) is 0. The van der Waals surface area contributed by atoms with Crippen LogP contribution in [0.25, 0.3) is 20.8 Å². The molecule has 3 N–H and O–H groups in total. The zero-order valence-electron chi connectivity index (χ0n) is 18.8. The number of hydrogen-bond donors (Lipinski definition) is 3. The summed E-state index contributed by atoms with van der Waals surface area (Å²) in [5.74, 6) is 1.47. The Bertz CT molecular complexity index is 1360. The number of aliphatic hydroxyl groups is 1. The molecule has 174 valence electrons. The molecule has 2 atom stereocenters. The summed E-state index contributed by atoms with van der Waals surface area (Å²) in [6, 6.07) is 16.5. The van der Waals surface area contributed by atoms with Gasteiger partial charge in [-0.25, -0.2) is 4.98 Å². The maximum Gasteiger partial charge on any atom is 0.264 e. The van der Waals surface area contributed by atoms with Gasteiger partial charge in [0, 0.05) is 25.7 Å². The van der Waals surface area contributed by atoms with E-state index in [1.807, 2.05) is 24.3 Å². The average molecular weight is 474 g/mol. The molecular formula is C26H27N5O2S. The number of aromatic nitrogens is 3. The predicted molar refractivity (Wildman–Crippen MR) is 137 cm³/mol. The van der Waals surface area contributed by atoms with E-state index in [0.29, 0.717) is 28.3 Å². The molecule has 1 aliphatic heterocycles. The van der Waals surface area contributed by atoms with Crippen molar-refractivity contribution in [2.75, 3.05) is 23.4 Å². The van der Waals surface area contributed by atoms with Gasteiger partial charge in [0.1, 0.15) is 16.4 Å². The number of nitrogens with zero attached hydrogens (tertiary/aromatic N) is 3. The quantitative estimate of drug-likeness (QED) is 0.403. The van der Waals surface area contributed by atoms with Crippen molar-refractivity contribution in [1.29, 1.82) is 0 Å². The molecule has 4 aromatic rings. The lowest BCUT2D eigenvalue weighted by atomic mass is 10.0. The first kappa shape index (κ1) is 21.3. The molecule has 1 aliphatic carbocycles. The number of hydrogen-bond acceptors (Lipinski definition) is 7. The topological polar surface area (TPSA) is 94.1 Å². The van der Waals surface area contributed by atoms with Crippen LogP contribution in [0.3, 0.4) is 0 Å². The number of anilines is 2. The standard InChI is InChI=1S/C26H27N5O2S/c32-15-16-9-10-19(13-16)27-23-22(25-28-20-7-3-4-8-21(20)34-25)24(33)30-26(29-23)31-12-11-17-5-1-2-6-18(17)14-31/h1-8,16,19,32H,9-15H2,(H2,27,29,30,33). The molecule has 0 saturated heterocycles. The van der Waals surface area contributed by atoms with Gasteiger partial charge in [0.05, 0.1) is 10.2 Å². The fraction of sp³-hybridized carbons (Fsp3) is 0.346. The second kappa shape index (κ2) is 8.85.